The highest BCUT2D eigenvalue weighted by atomic mass is 14.0. The Bertz CT molecular complexity index is 369. The van der Waals surface area contributed by atoms with Crippen LogP contribution < -0.4 is 0 Å². The predicted octanol–water partition coefficient (Wildman–Crippen LogP) is 5.03. The molecule has 0 bridgehead atoms. The first-order valence-corrected chi connectivity index (χ1v) is 5.36. The van der Waals surface area contributed by atoms with Gasteiger partial charge >= 0.3 is 0 Å². The monoisotopic (exact) mass is 214 g/mol. The molecule has 0 atom stereocenters. The largest absolute Gasteiger partial charge is 0.0990 e. The van der Waals surface area contributed by atoms with Crippen LogP contribution in [0.3, 0.4) is 0 Å². The van der Waals surface area contributed by atoms with Crippen LogP contribution in [-0.2, 0) is 6.42 Å². The van der Waals surface area contributed by atoms with Crippen molar-refractivity contribution in [2.45, 2.75) is 27.2 Å². The summed E-state index contributed by atoms with van der Waals surface area (Å²) in [6, 6.07) is 8.60. The summed E-state index contributed by atoms with van der Waals surface area (Å²) in [6.45, 7) is 9.72. The maximum atomic E-state index is 3.82. The first kappa shape index (κ1) is 14.4. The molecule has 0 aromatic heterocycles. The van der Waals surface area contributed by atoms with Gasteiger partial charge in [-0.1, -0.05) is 76.4 Å². The SMILES string of the molecule is C.C=C/C=C(\C=C)c1cccc(CCC)c1. The summed E-state index contributed by atoms with van der Waals surface area (Å²) in [5.74, 6) is 0. The van der Waals surface area contributed by atoms with Crippen molar-refractivity contribution in [1.29, 1.82) is 0 Å². The van der Waals surface area contributed by atoms with Crippen molar-refractivity contribution in [1.82, 2.24) is 0 Å². The summed E-state index contributed by atoms with van der Waals surface area (Å²) in [6.07, 6.45) is 7.96. The Labute approximate surface area is 100 Å². The van der Waals surface area contributed by atoms with Crippen molar-refractivity contribution in [3.05, 3.63) is 66.8 Å². The molecule has 0 nitrogen and oxygen atoms in total. The van der Waals surface area contributed by atoms with Crippen molar-refractivity contribution < 1.29 is 0 Å². The number of allylic oxidation sites excluding steroid dienone is 4. The second-order valence-electron chi connectivity index (χ2n) is 3.51. The number of rotatable bonds is 5. The van der Waals surface area contributed by atoms with E-state index in [1.54, 1.807) is 6.08 Å². The molecule has 0 aliphatic rings. The number of hydrogen-bond donors (Lipinski definition) is 0. The fourth-order valence-corrected chi connectivity index (χ4v) is 1.60. The van der Waals surface area contributed by atoms with Crippen molar-refractivity contribution in [3.63, 3.8) is 0 Å². The van der Waals surface area contributed by atoms with E-state index in [1.807, 2.05) is 12.2 Å². The van der Waals surface area contributed by atoms with E-state index in [9.17, 15) is 0 Å². The molecule has 0 saturated carbocycles. The summed E-state index contributed by atoms with van der Waals surface area (Å²) in [5.41, 5.74) is 3.73. The van der Waals surface area contributed by atoms with E-state index in [1.165, 1.54) is 17.5 Å². The summed E-state index contributed by atoms with van der Waals surface area (Å²) in [7, 11) is 0. The minimum Gasteiger partial charge on any atom is -0.0990 e. The molecule has 0 aliphatic heterocycles. The zero-order valence-electron chi connectivity index (χ0n) is 9.37. The van der Waals surface area contributed by atoms with Gasteiger partial charge in [-0.05, 0) is 23.1 Å². The fraction of sp³-hybridized carbons (Fsp3) is 0.250. The Morgan fingerprint density at radius 3 is 2.62 bits per heavy atom. The maximum absolute atomic E-state index is 3.82. The van der Waals surface area contributed by atoms with Gasteiger partial charge in [0.15, 0.2) is 0 Å². The van der Waals surface area contributed by atoms with Gasteiger partial charge < -0.3 is 0 Å². The van der Waals surface area contributed by atoms with Gasteiger partial charge in [0.1, 0.15) is 0 Å². The molecular formula is C16H22. The van der Waals surface area contributed by atoms with Crippen LogP contribution >= 0.6 is 0 Å². The van der Waals surface area contributed by atoms with Crippen LogP contribution in [0.1, 0.15) is 31.9 Å². The average Bonchev–Trinajstić information content (AvgIpc) is 2.27. The summed E-state index contributed by atoms with van der Waals surface area (Å²) in [4.78, 5) is 0. The standard InChI is InChI=1S/C15H18.CH4/c1-4-8-13-10-7-11-15(12-13)14(6-3)9-5-2;/h5-7,9-12H,2-4,8H2,1H3;1H4/b14-9+;. The molecule has 0 heteroatoms. The summed E-state index contributed by atoms with van der Waals surface area (Å²) >= 11 is 0. The highest BCUT2D eigenvalue weighted by molar-refractivity contribution is 5.74. The van der Waals surface area contributed by atoms with Gasteiger partial charge in [-0.15, -0.1) is 0 Å². The molecule has 0 unspecified atom stereocenters. The summed E-state index contributed by atoms with van der Waals surface area (Å²) < 4.78 is 0. The molecule has 0 N–H and O–H groups in total. The van der Waals surface area contributed by atoms with Gasteiger partial charge in [0.05, 0.1) is 0 Å². The van der Waals surface area contributed by atoms with Gasteiger partial charge in [0.25, 0.3) is 0 Å². The van der Waals surface area contributed by atoms with E-state index in [-0.39, 0.29) is 7.43 Å². The molecular weight excluding hydrogens is 192 g/mol. The summed E-state index contributed by atoms with van der Waals surface area (Å²) in [5, 5.41) is 0. The third kappa shape index (κ3) is 3.90. The highest BCUT2D eigenvalue weighted by Gasteiger charge is 1.97. The number of benzene rings is 1. The topological polar surface area (TPSA) is 0 Å². The first-order valence-electron chi connectivity index (χ1n) is 5.36. The van der Waals surface area contributed by atoms with Crippen LogP contribution in [0.15, 0.2) is 55.7 Å². The molecule has 0 radical (unpaired) electrons. The average molecular weight is 214 g/mol. The zero-order valence-corrected chi connectivity index (χ0v) is 9.37. The molecule has 0 heterocycles. The third-order valence-electron chi connectivity index (χ3n) is 2.32. The van der Waals surface area contributed by atoms with Gasteiger partial charge in [-0.3, -0.25) is 0 Å². The molecule has 86 valence electrons. The first-order chi connectivity index (χ1) is 7.31. The quantitative estimate of drug-likeness (QED) is 0.603. The fourth-order valence-electron chi connectivity index (χ4n) is 1.60. The molecule has 16 heavy (non-hydrogen) atoms. The lowest BCUT2D eigenvalue weighted by molar-refractivity contribution is 0.921. The Kier molecular flexibility index (Phi) is 6.95. The lowest BCUT2D eigenvalue weighted by atomic mass is 10.0. The van der Waals surface area contributed by atoms with Crippen molar-refractivity contribution in [3.8, 4) is 0 Å². The second-order valence-corrected chi connectivity index (χ2v) is 3.51. The van der Waals surface area contributed by atoms with Crippen molar-refractivity contribution >= 4 is 5.57 Å². The van der Waals surface area contributed by atoms with Crippen LogP contribution in [-0.4, -0.2) is 0 Å². The Balaban J connectivity index is 0.00000225. The minimum absolute atomic E-state index is 0. The lowest BCUT2D eigenvalue weighted by Gasteiger charge is -2.04. The lowest BCUT2D eigenvalue weighted by Crippen LogP contribution is -1.86. The Morgan fingerprint density at radius 1 is 1.31 bits per heavy atom. The molecule has 1 rings (SSSR count). The van der Waals surface area contributed by atoms with Gasteiger partial charge in [0.2, 0.25) is 0 Å². The second kappa shape index (κ2) is 7.70. The normalized spacial score (nSPS) is 10.4. The van der Waals surface area contributed by atoms with Crippen LogP contribution in [0.2, 0.25) is 0 Å². The van der Waals surface area contributed by atoms with Crippen LogP contribution in [0.4, 0.5) is 0 Å². The minimum atomic E-state index is 0. The molecule has 0 saturated heterocycles. The molecule has 0 fully saturated rings. The molecule has 0 aliphatic carbocycles. The van der Waals surface area contributed by atoms with E-state index in [4.69, 9.17) is 0 Å². The third-order valence-corrected chi connectivity index (χ3v) is 2.32. The number of hydrogen-bond acceptors (Lipinski definition) is 0. The van der Waals surface area contributed by atoms with E-state index in [2.05, 4.69) is 44.3 Å². The van der Waals surface area contributed by atoms with Gasteiger partial charge in [0, 0.05) is 0 Å². The maximum Gasteiger partial charge on any atom is -0.0182 e. The smallest absolute Gasteiger partial charge is 0.0182 e. The van der Waals surface area contributed by atoms with Crippen molar-refractivity contribution in [2.24, 2.45) is 0 Å². The van der Waals surface area contributed by atoms with Crippen LogP contribution in [0, 0.1) is 0 Å². The van der Waals surface area contributed by atoms with Crippen molar-refractivity contribution in [2.75, 3.05) is 0 Å². The van der Waals surface area contributed by atoms with E-state index in [0.29, 0.717) is 0 Å². The molecule has 0 amide bonds. The highest BCUT2D eigenvalue weighted by Crippen LogP contribution is 2.17. The van der Waals surface area contributed by atoms with Crippen LogP contribution in [0.25, 0.3) is 5.57 Å². The Morgan fingerprint density at radius 2 is 2.06 bits per heavy atom. The van der Waals surface area contributed by atoms with E-state index in [0.717, 1.165) is 12.0 Å². The van der Waals surface area contributed by atoms with E-state index < -0.39 is 0 Å². The number of aryl methyl sites for hydroxylation is 1. The van der Waals surface area contributed by atoms with Gasteiger partial charge in [-0.25, -0.2) is 0 Å². The molecule has 1 aromatic rings. The van der Waals surface area contributed by atoms with Crippen LogP contribution in [0.5, 0.6) is 0 Å². The predicted molar refractivity (Wildman–Crippen MR) is 75.5 cm³/mol. The zero-order chi connectivity index (χ0) is 11.1. The van der Waals surface area contributed by atoms with Gasteiger partial charge in [-0.2, -0.15) is 0 Å². The molecule has 0 spiro atoms. The van der Waals surface area contributed by atoms with E-state index >= 15 is 0 Å². The molecule has 1 aromatic carbocycles. The Hall–Kier alpha value is -1.56.